The van der Waals surface area contributed by atoms with E-state index in [0.29, 0.717) is 17.2 Å². The Bertz CT molecular complexity index is 997. The molecule has 3 aromatic rings. The number of carbonyl (C=O) groups is 1. The van der Waals surface area contributed by atoms with Gasteiger partial charge < -0.3 is 9.30 Å². The molecule has 0 saturated heterocycles. The van der Waals surface area contributed by atoms with Gasteiger partial charge in [-0.25, -0.2) is 9.97 Å². The van der Waals surface area contributed by atoms with Crippen molar-refractivity contribution in [3.8, 4) is 11.1 Å². The van der Waals surface area contributed by atoms with Crippen molar-refractivity contribution in [2.24, 2.45) is 0 Å². The third-order valence-electron chi connectivity index (χ3n) is 5.13. The number of Topliss-reactive ketones (excluding diaryl/α,β-unsaturated/α-hetero) is 1. The van der Waals surface area contributed by atoms with Gasteiger partial charge in [0.1, 0.15) is 11.3 Å². The highest BCUT2D eigenvalue weighted by Gasteiger charge is 2.21. The van der Waals surface area contributed by atoms with E-state index in [2.05, 4.69) is 23.4 Å². The van der Waals surface area contributed by atoms with Crippen LogP contribution < -0.4 is 0 Å². The van der Waals surface area contributed by atoms with E-state index >= 15 is 0 Å². The topological polar surface area (TPSA) is 57.0 Å². The fourth-order valence-electron chi connectivity index (χ4n) is 3.61. The smallest absolute Gasteiger partial charge is 0.160 e. The number of pyridine rings is 1. The number of methoxy groups -OCH3 is 1. The lowest BCUT2D eigenvalue weighted by Crippen LogP contribution is -2.14. The molecule has 0 aliphatic rings. The van der Waals surface area contributed by atoms with Gasteiger partial charge >= 0.3 is 0 Å². The van der Waals surface area contributed by atoms with Crippen molar-refractivity contribution < 1.29 is 9.53 Å². The maximum Gasteiger partial charge on any atom is 0.160 e. The number of benzene rings is 1. The van der Waals surface area contributed by atoms with Gasteiger partial charge in [0.05, 0.1) is 0 Å². The molecule has 28 heavy (non-hydrogen) atoms. The fourth-order valence-corrected chi connectivity index (χ4v) is 3.89. The maximum absolute atomic E-state index is 11.6. The van der Waals surface area contributed by atoms with E-state index in [1.54, 1.807) is 25.4 Å². The first-order valence-corrected chi connectivity index (χ1v) is 10.0. The van der Waals surface area contributed by atoms with Gasteiger partial charge in [-0.05, 0) is 31.9 Å². The molecule has 1 aromatic carbocycles. The zero-order valence-electron chi connectivity index (χ0n) is 16.8. The molecule has 3 rings (SSSR count). The zero-order chi connectivity index (χ0) is 20.3. The summed E-state index contributed by atoms with van der Waals surface area (Å²) in [5, 5.41) is 0.541. The molecular weight excluding hydrogens is 374 g/mol. The molecule has 2 heterocycles. The molecule has 0 aliphatic carbocycles. The summed E-state index contributed by atoms with van der Waals surface area (Å²) in [6.45, 7) is 6.51. The number of nitrogens with zero attached hydrogens (tertiary/aromatic N) is 3. The van der Waals surface area contributed by atoms with Gasteiger partial charge in [0.2, 0.25) is 0 Å². The summed E-state index contributed by atoms with van der Waals surface area (Å²) < 4.78 is 7.54. The summed E-state index contributed by atoms with van der Waals surface area (Å²) in [6, 6.07) is 7.63. The van der Waals surface area contributed by atoms with Crippen LogP contribution >= 0.6 is 11.6 Å². The predicted molar refractivity (Wildman–Crippen MR) is 113 cm³/mol. The number of hydrogen-bond acceptors (Lipinski definition) is 4. The van der Waals surface area contributed by atoms with Crippen LogP contribution in [0.5, 0.6) is 0 Å². The lowest BCUT2D eigenvalue weighted by Gasteiger charge is -2.19. The van der Waals surface area contributed by atoms with Crippen molar-refractivity contribution in [2.75, 3.05) is 13.7 Å². The van der Waals surface area contributed by atoms with Crippen molar-refractivity contribution in [1.82, 2.24) is 14.5 Å². The minimum absolute atomic E-state index is 0.00481. The molecule has 1 unspecified atom stereocenters. The molecule has 2 aromatic heterocycles. The first kappa shape index (κ1) is 20.5. The average Bonchev–Trinajstić information content (AvgIpc) is 3.07. The van der Waals surface area contributed by atoms with Crippen LogP contribution in [0.2, 0.25) is 5.02 Å². The van der Waals surface area contributed by atoms with E-state index in [9.17, 15) is 4.79 Å². The number of aromatic nitrogens is 3. The molecule has 5 nitrogen and oxygen atoms in total. The fraction of sp³-hybridized carbons (Fsp3) is 0.409. The molecule has 148 valence electrons. The first-order valence-electron chi connectivity index (χ1n) is 9.67. The number of rotatable bonds is 8. The minimum atomic E-state index is -0.00481. The molecule has 0 amide bonds. The lowest BCUT2D eigenvalue weighted by atomic mass is 10.0. The second-order valence-corrected chi connectivity index (χ2v) is 7.28. The number of carbonyl (C=O) groups excluding carboxylic acids is 1. The summed E-state index contributed by atoms with van der Waals surface area (Å²) in [6.07, 6.45) is 4.50. The Morgan fingerprint density at radius 1 is 1.25 bits per heavy atom. The number of halogens is 1. The van der Waals surface area contributed by atoms with Gasteiger partial charge in [0, 0.05) is 54.1 Å². The second-order valence-electron chi connectivity index (χ2n) is 6.88. The maximum atomic E-state index is 11.6. The van der Waals surface area contributed by atoms with E-state index in [-0.39, 0.29) is 11.8 Å². The van der Waals surface area contributed by atoms with Crippen molar-refractivity contribution in [3.63, 3.8) is 0 Å². The lowest BCUT2D eigenvalue weighted by molar-refractivity contribution is 0.101. The molecular formula is C22H26ClN3O2. The van der Waals surface area contributed by atoms with Crippen molar-refractivity contribution in [1.29, 1.82) is 0 Å². The quantitative estimate of drug-likeness (QED) is 0.469. The Hall–Kier alpha value is -2.24. The van der Waals surface area contributed by atoms with Crippen molar-refractivity contribution in [3.05, 3.63) is 46.9 Å². The number of aryl methyl sites for hydroxylation is 1. The van der Waals surface area contributed by atoms with E-state index in [0.717, 1.165) is 47.4 Å². The zero-order valence-corrected chi connectivity index (χ0v) is 17.6. The molecule has 6 heteroatoms. The second kappa shape index (κ2) is 8.84. The van der Waals surface area contributed by atoms with Gasteiger partial charge in [-0.15, -0.1) is 0 Å². The van der Waals surface area contributed by atoms with Gasteiger partial charge in [-0.2, -0.15) is 0 Å². The molecule has 0 bridgehead atoms. The summed E-state index contributed by atoms with van der Waals surface area (Å²) >= 11 is 6.52. The normalized spacial score (nSPS) is 12.5. The molecule has 0 saturated carbocycles. The summed E-state index contributed by atoms with van der Waals surface area (Å²) in [4.78, 5) is 21.2. The standard InChI is InChI=1S/C22H26ClN3O2/c1-5-16(10-12-28-4)26-20(6-2)25-21-18(9-11-24-22(21)26)17-8-7-15(14(3)27)13-19(17)23/h7-9,11,13,16H,5-6,10,12H2,1-4H3. The van der Waals surface area contributed by atoms with Crippen LogP contribution in [-0.4, -0.2) is 34.0 Å². The van der Waals surface area contributed by atoms with Crippen LogP contribution in [0.1, 0.15) is 55.8 Å². The van der Waals surface area contributed by atoms with Gasteiger partial charge in [-0.3, -0.25) is 4.79 Å². The SMILES string of the molecule is CCc1nc2c(-c3ccc(C(C)=O)cc3Cl)ccnc2n1C(CC)CCOC. The molecule has 0 spiro atoms. The van der Waals surface area contributed by atoms with Crippen LogP contribution in [0.25, 0.3) is 22.3 Å². The Morgan fingerprint density at radius 2 is 2.04 bits per heavy atom. The number of imidazole rings is 1. The Balaban J connectivity index is 2.18. The summed E-state index contributed by atoms with van der Waals surface area (Å²) in [5.74, 6) is 1.00. The van der Waals surface area contributed by atoms with E-state index in [4.69, 9.17) is 21.3 Å². The first-order chi connectivity index (χ1) is 13.5. The van der Waals surface area contributed by atoms with Crippen molar-refractivity contribution in [2.45, 2.75) is 46.1 Å². The van der Waals surface area contributed by atoms with Crippen LogP contribution in [0.15, 0.2) is 30.5 Å². The molecule has 0 radical (unpaired) electrons. The Morgan fingerprint density at radius 3 is 2.64 bits per heavy atom. The summed E-state index contributed by atoms with van der Waals surface area (Å²) in [7, 11) is 1.72. The van der Waals surface area contributed by atoms with E-state index < -0.39 is 0 Å². The minimum Gasteiger partial charge on any atom is -0.385 e. The van der Waals surface area contributed by atoms with Crippen molar-refractivity contribution >= 4 is 28.5 Å². The summed E-state index contributed by atoms with van der Waals surface area (Å²) in [5.41, 5.74) is 4.10. The monoisotopic (exact) mass is 399 g/mol. The van der Waals surface area contributed by atoms with Gasteiger partial charge in [0.25, 0.3) is 0 Å². The highest BCUT2D eigenvalue weighted by Crippen LogP contribution is 2.35. The number of hydrogen-bond donors (Lipinski definition) is 0. The average molecular weight is 400 g/mol. The third-order valence-corrected chi connectivity index (χ3v) is 5.44. The molecule has 1 atom stereocenters. The van der Waals surface area contributed by atoms with Crippen LogP contribution in [0.4, 0.5) is 0 Å². The third kappa shape index (κ3) is 3.82. The number of fused-ring (bicyclic) bond motifs is 1. The molecule has 0 fully saturated rings. The van der Waals surface area contributed by atoms with Gasteiger partial charge in [0.15, 0.2) is 11.4 Å². The highest BCUT2D eigenvalue weighted by atomic mass is 35.5. The van der Waals surface area contributed by atoms with Crippen LogP contribution in [0, 0.1) is 0 Å². The van der Waals surface area contributed by atoms with E-state index in [1.807, 2.05) is 12.1 Å². The molecule has 0 aliphatic heterocycles. The van der Waals surface area contributed by atoms with Crippen LogP contribution in [-0.2, 0) is 11.2 Å². The number of ether oxygens (including phenoxy) is 1. The number of ketones is 1. The van der Waals surface area contributed by atoms with Crippen LogP contribution in [0.3, 0.4) is 0 Å². The highest BCUT2D eigenvalue weighted by molar-refractivity contribution is 6.34. The van der Waals surface area contributed by atoms with Gasteiger partial charge in [-0.1, -0.05) is 37.6 Å². The Kier molecular flexibility index (Phi) is 6.47. The Labute approximate surface area is 170 Å². The van der Waals surface area contributed by atoms with E-state index in [1.165, 1.54) is 6.92 Å². The largest absolute Gasteiger partial charge is 0.385 e. The molecule has 0 N–H and O–H groups in total. The predicted octanol–water partition coefficient (Wildman–Crippen LogP) is 5.50.